The molecule has 3 N–H and O–H groups in total. The largest absolute Gasteiger partial charge is 0.365 e. The summed E-state index contributed by atoms with van der Waals surface area (Å²) in [5.41, 5.74) is -0.719. The van der Waals surface area contributed by atoms with E-state index in [0.717, 1.165) is 6.42 Å². The predicted molar refractivity (Wildman–Crippen MR) is 134 cm³/mol. The van der Waals surface area contributed by atoms with Gasteiger partial charge in [0.1, 0.15) is 29.8 Å². The molecule has 10 nitrogen and oxygen atoms in total. The number of unbranched alkanes of at least 4 members (excludes halogenated alkanes) is 2. The molecular weight excluding hydrogens is 476 g/mol. The second-order valence-electron chi connectivity index (χ2n) is 10.6. The van der Waals surface area contributed by atoms with Gasteiger partial charge in [-0.1, -0.05) is 43.2 Å². The van der Waals surface area contributed by atoms with Crippen molar-refractivity contribution in [1.29, 1.82) is 0 Å². The maximum Gasteiger partial charge on any atom is 0.250 e. The van der Waals surface area contributed by atoms with Gasteiger partial charge in [-0.3, -0.25) is 24.0 Å². The highest BCUT2D eigenvalue weighted by atomic mass is 16.6. The molecule has 1 unspecified atom stereocenters. The summed E-state index contributed by atoms with van der Waals surface area (Å²) in [5.74, 6) is -1.57. The smallest absolute Gasteiger partial charge is 0.250 e. The highest BCUT2D eigenvalue weighted by molar-refractivity contribution is 5.99. The minimum absolute atomic E-state index is 0.101. The Hall–Kier alpha value is -3.27. The predicted octanol–water partition coefficient (Wildman–Crippen LogP) is 1.15. The van der Waals surface area contributed by atoms with Crippen molar-refractivity contribution in [1.82, 2.24) is 20.9 Å². The summed E-state index contributed by atoms with van der Waals surface area (Å²) in [4.78, 5) is 66.8. The van der Waals surface area contributed by atoms with E-state index >= 15 is 0 Å². The quantitative estimate of drug-likeness (QED) is 0.353. The fraction of sp³-hybridized carbons (Fsp3) is 0.593. The maximum atomic E-state index is 13.7. The van der Waals surface area contributed by atoms with Crippen LogP contribution < -0.4 is 16.0 Å². The van der Waals surface area contributed by atoms with Crippen LogP contribution in [0.1, 0.15) is 70.4 Å². The highest BCUT2D eigenvalue weighted by Gasteiger charge is 2.42. The van der Waals surface area contributed by atoms with E-state index in [4.69, 9.17) is 4.74 Å². The van der Waals surface area contributed by atoms with Crippen LogP contribution in [0.4, 0.5) is 0 Å². The summed E-state index contributed by atoms with van der Waals surface area (Å²) in [6.45, 7) is 4.04. The molecule has 0 aliphatic carbocycles. The first-order chi connectivity index (χ1) is 17.7. The third kappa shape index (κ3) is 6.54. The number of benzene rings is 1. The Morgan fingerprint density at radius 1 is 1.03 bits per heavy atom. The van der Waals surface area contributed by atoms with Crippen molar-refractivity contribution >= 4 is 29.4 Å². The van der Waals surface area contributed by atoms with Crippen molar-refractivity contribution in [2.45, 2.75) is 88.6 Å². The summed E-state index contributed by atoms with van der Waals surface area (Å²) in [7, 11) is 0. The fourth-order valence-electron chi connectivity index (χ4n) is 4.92. The van der Waals surface area contributed by atoms with Crippen molar-refractivity contribution in [3.8, 4) is 0 Å². The van der Waals surface area contributed by atoms with Crippen LogP contribution in [0.5, 0.6) is 0 Å². The molecule has 4 atom stereocenters. The van der Waals surface area contributed by atoms with Crippen LogP contribution in [0.3, 0.4) is 0 Å². The number of nitrogens with one attached hydrogen (secondary N) is 3. The molecule has 0 radical (unpaired) electrons. The number of rotatable bonds is 8. The molecule has 0 bridgehead atoms. The van der Waals surface area contributed by atoms with Crippen molar-refractivity contribution in [3.63, 3.8) is 0 Å². The Balaban J connectivity index is 1.50. The minimum atomic E-state index is -1.33. The normalized spacial score (nSPS) is 27.8. The number of carbonyl (C=O) groups excluding carboxylic acids is 5. The number of hydrogen-bond acceptors (Lipinski definition) is 6. The summed E-state index contributed by atoms with van der Waals surface area (Å²) in [6, 6.07) is 6.36. The van der Waals surface area contributed by atoms with Gasteiger partial charge in [0.2, 0.25) is 23.6 Å². The number of ketones is 1. The van der Waals surface area contributed by atoms with Crippen LogP contribution >= 0.6 is 0 Å². The molecule has 0 aromatic heterocycles. The van der Waals surface area contributed by atoms with E-state index in [1.54, 1.807) is 38.1 Å². The van der Waals surface area contributed by atoms with Gasteiger partial charge in [-0.2, -0.15) is 0 Å². The van der Waals surface area contributed by atoms with Gasteiger partial charge < -0.3 is 25.6 Å². The summed E-state index contributed by atoms with van der Waals surface area (Å²) in [6.07, 6.45) is 3.70. The van der Waals surface area contributed by atoms with Crippen LogP contribution in [0.2, 0.25) is 0 Å². The third-order valence-corrected chi connectivity index (χ3v) is 7.24. The number of Topliss-reactive ketones (excluding diaryl/α,β-unsaturated/α-hetero) is 1. The molecule has 0 spiro atoms. The van der Waals surface area contributed by atoms with Crippen molar-refractivity contribution in [2.24, 2.45) is 0 Å². The van der Waals surface area contributed by atoms with Gasteiger partial charge in [-0.05, 0) is 45.1 Å². The van der Waals surface area contributed by atoms with Gasteiger partial charge in [-0.15, -0.1) is 0 Å². The van der Waals surface area contributed by atoms with Crippen LogP contribution in [0.25, 0.3) is 0 Å². The molecule has 10 heteroatoms. The van der Waals surface area contributed by atoms with Crippen LogP contribution in [-0.4, -0.2) is 71.2 Å². The molecule has 0 saturated carbocycles. The number of nitrogens with zero attached hydrogens (tertiary/aromatic N) is 1. The van der Waals surface area contributed by atoms with Crippen LogP contribution in [0, 0.1) is 0 Å². The van der Waals surface area contributed by atoms with E-state index in [9.17, 15) is 24.0 Å². The van der Waals surface area contributed by atoms with Gasteiger partial charge in [-0.25, -0.2) is 0 Å². The molecule has 3 aliphatic heterocycles. The molecule has 3 heterocycles. The SMILES string of the molecule is CC1(C)NC(=O)[C@@H](CCCCCC(=O)[C@@H]2CO2)NC(=O)C2CCCN2C(=O)[C@@H](c2ccccc2)NC1=O. The molecule has 1 aromatic rings. The molecule has 4 rings (SSSR count). The number of hydrogen-bond donors (Lipinski definition) is 3. The summed E-state index contributed by atoms with van der Waals surface area (Å²) in [5, 5.41) is 8.43. The molecule has 3 saturated heterocycles. The fourth-order valence-corrected chi connectivity index (χ4v) is 4.92. The lowest BCUT2D eigenvalue weighted by Gasteiger charge is -2.34. The van der Waals surface area contributed by atoms with Gasteiger partial charge >= 0.3 is 0 Å². The third-order valence-electron chi connectivity index (χ3n) is 7.24. The standard InChI is InChI=1S/C27H36N4O6/c1-27(2)26(36)29-22(17-10-5-3-6-11-17)25(35)31-15-9-13-19(31)24(34)28-18(23(33)30-27)12-7-4-8-14-20(32)21-16-37-21/h3,5-6,10-11,18-19,21-22H,4,7-9,12-16H2,1-2H3,(H,28,34)(H,29,36)(H,30,33)/t18-,19?,21+,22-/m1/s1. The first-order valence-corrected chi connectivity index (χ1v) is 13.1. The zero-order chi connectivity index (χ0) is 26.6. The average Bonchev–Trinajstić information content (AvgIpc) is 3.61. The Bertz CT molecular complexity index is 1040. The lowest BCUT2D eigenvalue weighted by atomic mass is 9.98. The molecule has 3 aliphatic rings. The van der Waals surface area contributed by atoms with E-state index in [-0.39, 0.29) is 23.7 Å². The molecule has 4 amide bonds. The second kappa shape index (κ2) is 11.4. The van der Waals surface area contributed by atoms with E-state index < -0.39 is 35.5 Å². The Kier molecular flexibility index (Phi) is 8.26. The van der Waals surface area contributed by atoms with Gasteiger partial charge in [0.15, 0.2) is 5.78 Å². The van der Waals surface area contributed by atoms with E-state index in [2.05, 4.69) is 16.0 Å². The second-order valence-corrected chi connectivity index (χ2v) is 10.6. The Morgan fingerprint density at radius 3 is 2.46 bits per heavy atom. The zero-order valence-corrected chi connectivity index (χ0v) is 21.5. The zero-order valence-electron chi connectivity index (χ0n) is 21.5. The van der Waals surface area contributed by atoms with Crippen LogP contribution in [-0.2, 0) is 28.7 Å². The summed E-state index contributed by atoms with van der Waals surface area (Å²) >= 11 is 0. The van der Waals surface area contributed by atoms with E-state index in [1.165, 1.54) is 4.90 Å². The maximum absolute atomic E-state index is 13.7. The van der Waals surface area contributed by atoms with E-state index in [1.807, 2.05) is 6.07 Å². The lowest BCUT2D eigenvalue weighted by Crippen LogP contribution is -2.62. The van der Waals surface area contributed by atoms with E-state index in [0.29, 0.717) is 57.2 Å². The molecule has 3 fully saturated rings. The van der Waals surface area contributed by atoms with Gasteiger partial charge in [0.25, 0.3) is 0 Å². The number of ether oxygens (including phenoxy) is 1. The molecule has 37 heavy (non-hydrogen) atoms. The van der Waals surface area contributed by atoms with Gasteiger partial charge in [0.05, 0.1) is 6.61 Å². The Morgan fingerprint density at radius 2 is 1.76 bits per heavy atom. The topological polar surface area (TPSA) is 137 Å². The molecular formula is C27H36N4O6. The number of fused-ring (bicyclic) bond motifs is 1. The Labute approximate surface area is 216 Å². The minimum Gasteiger partial charge on any atom is -0.365 e. The number of amides is 4. The van der Waals surface area contributed by atoms with Crippen LogP contribution in [0.15, 0.2) is 30.3 Å². The van der Waals surface area contributed by atoms with Crippen molar-refractivity contribution < 1.29 is 28.7 Å². The van der Waals surface area contributed by atoms with Crippen molar-refractivity contribution in [3.05, 3.63) is 35.9 Å². The van der Waals surface area contributed by atoms with Gasteiger partial charge in [0, 0.05) is 13.0 Å². The lowest BCUT2D eigenvalue weighted by molar-refractivity contribution is -0.144. The number of carbonyl (C=O) groups is 5. The molecule has 1 aromatic carbocycles. The molecule has 200 valence electrons. The average molecular weight is 513 g/mol. The highest BCUT2D eigenvalue weighted by Crippen LogP contribution is 2.25. The first-order valence-electron chi connectivity index (χ1n) is 13.1. The number of epoxide rings is 1. The first kappa shape index (κ1) is 26.8. The van der Waals surface area contributed by atoms with Crippen molar-refractivity contribution in [2.75, 3.05) is 13.2 Å². The monoisotopic (exact) mass is 512 g/mol. The summed E-state index contributed by atoms with van der Waals surface area (Å²) < 4.78 is 5.01.